The molecule has 1 heterocycles. The van der Waals surface area contributed by atoms with E-state index >= 15 is 0 Å². The summed E-state index contributed by atoms with van der Waals surface area (Å²) in [6, 6.07) is 3.94. The second-order valence-corrected chi connectivity index (χ2v) is 4.95. The first kappa shape index (κ1) is 14.0. The van der Waals surface area contributed by atoms with Gasteiger partial charge < -0.3 is 24.6 Å². The number of aliphatic hydroxyl groups is 1. The molecule has 1 aromatic carbocycles. The average Bonchev–Trinajstić information content (AvgIpc) is 2.86. The van der Waals surface area contributed by atoms with Gasteiger partial charge in [0, 0.05) is 12.6 Å². The number of methoxy groups -OCH3 is 1. The molecule has 0 bridgehead atoms. The molecule has 0 aromatic heterocycles. The summed E-state index contributed by atoms with van der Waals surface area (Å²) in [5, 5.41) is 12.6. The van der Waals surface area contributed by atoms with Crippen LogP contribution in [0.5, 0.6) is 17.2 Å². The van der Waals surface area contributed by atoms with Crippen LogP contribution in [0.1, 0.15) is 19.4 Å². The molecule has 0 radical (unpaired) electrons. The molecule has 2 rings (SSSR count). The molecule has 0 saturated heterocycles. The molecule has 0 saturated carbocycles. The Kier molecular flexibility index (Phi) is 4.50. The van der Waals surface area contributed by atoms with Crippen LogP contribution in [-0.2, 0) is 6.54 Å². The lowest BCUT2D eigenvalue weighted by atomic mass is 10.0. The fourth-order valence-corrected chi connectivity index (χ4v) is 2.05. The Balaban J connectivity index is 2.09. The number of hydrogen-bond donors (Lipinski definition) is 2. The van der Waals surface area contributed by atoms with Gasteiger partial charge in [-0.3, -0.25) is 0 Å². The summed E-state index contributed by atoms with van der Waals surface area (Å²) in [4.78, 5) is 0. The van der Waals surface area contributed by atoms with Gasteiger partial charge in [0.05, 0.1) is 13.7 Å². The first-order valence-corrected chi connectivity index (χ1v) is 6.46. The summed E-state index contributed by atoms with van der Waals surface area (Å²) < 4.78 is 16.0. The van der Waals surface area contributed by atoms with Gasteiger partial charge >= 0.3 is 0 Å². The Labute approximate surface area is 113 Å². The second-order valence-electron chi connectivity index (χ2n) is 4.95. The van der Waals surface area contributed by atoms with E-state index in [9.17, 15) is 5.11 Å². The fourth-order valence-electron chi connectivity index (χ4n) is 2.05. The van der Waals surface area contributed by atoms with Crippen LogP contribution in [0.25, 0.3) is 0 Å². The van der Waals surface area contributed by atoms with Crippen LogP contribution in [0.4, 0.5) is 0 Å². The molecule has 106 valence electrons. The number of nitrogens with one attached hydrogen (secondary N) is 1. The lowest BCUT2D eigenvalue weighted by molar-refractivity contribution is 0.171. The summed E-state index contributed by atoms with van der Waals surface area (Å²) in [5.41, 5.74) is 1.04. The smallest absolute Gasteiger partial charge is 0.231 e. The van der Waals surface area contributed by atoms with Gasteiger partial charge in [0.15, 0.2) is 11.5 Å². The zero-order valence-corrected chi connectivity index (χ0v) is 11.6. The van der Waals surface area contributed by atoms with Gasteiger partial charge in [-0.25, -0.2) is 0 Å². The van der Waals surface area contributed by atoms with Crippen molar-refractivity contribution in [2.45, 2.75) is 26.4 Å². The Hall–Kier alpha value is -1.46. The first-order chi connectivity index (χ1) is 9.15. The molecule has 0 amide bonds. The van der Waals surface area contributed by atoms with E-state index in [1.807, 2.05) is 12.1 Å². The third-order valence-corrected chi connectivity index (χ3v) is 3.29. The molecular weight excluding hydrogens is 246 g/mol. The summed E-state index contributed by atoms with van der Waals surface area (Å²) in [5.74, 6) is 2.42. The minimum absolute atomic E-state index is 0.0800. The molecule has 2 N–H and O–H groups in total. The summed E-state index contributed by atoms with van der Waals surface area (Å²) in [7, 11) is 1.61. The quantitative estimate of drug-likeness (QED) is 0.818. The summed E-state index contributed by atoms with van der Waals surface area (Å²) in [6.07, 6.45) is 0. The van der Waals surface area contributed by atoms with Crippen molar-refractivity contribution in [1.29, 1.82) is 0 Å². The van der Waals surface area contributed by atoms with Crippen LogP contribution < -0.4 is 19.5 Å². The van der Waals surface area contributed by atoms with Gasteiger partial charge in [-0.1, -0.05) is 13.8 Å². The van der Waals surface area contributed by atoms with Gasteiger partial charge in [-0.15, -0.1) is 0 Å². The highest BCUT2D eigenvalue weighted by molar-refractivity contribution is 5.55. The van der Waals surface area contributed by atoms with Gasteiger partial charge in [-0.2, -0.15) is 0 Å². The standard InChI is InChI=1S/C14H21NO4/c1-9(2)11(7-16)15-6-10-4-12(17-3)14-13(5-10)18-8-19-14/h4-5,9,11,15-16H,6-8H2,1-3H3/t11-/m1/s1. The van der Waals surface area contributed by atoms with Gasteiger partial charge in [0.2, 0.25) is 12.5 Å². The maximum absolute atomic E-state index is 9.30. The van der Waals surface area contributed by atoms with Crippen LogP contribution in [-0.4, -0.2) is 31.7 Å². The summed E-state index contributed by atoms with van der Waals surface area (Å²) in [6.45, 7) is 5.16. The van der Waals surface area contributed by atoms with E-state index in [0.717, 1.165) is 5.56 Å². The third-order valence-electron chi connectivity index (χ3n) is 3.29. The molecular formula is C14H21NO4. The van der Waals surface area contributed by atoms with Crippen molar-refractivity contribution in [3.63, 3.8) is 0 Å². The normalized spacial score (nSPS) is 14.8. The van der Waals surface area contributed by atoms with Gasteiger partial charge in [0.1, 0.15) is 0 Å². The average molecular weight is 267 g/mol. The molecule has 1 aromatic rings. The monoisotopic (exact) mass is 267 g/mol. The Morgan fingerprint density at radius 3 is 2.79 bits per heavy atom. The number of benzene rings is 1. The molecule has 0 fully saturated rings. The molecule has 19 heavy (non-hydrogen) atoms. The van der Waals surface area contributed by atoms with E-state index in [2.05, 4.69) is 19.2 Å². The third kappa shape index (κ3) is 3.11. The second kappa shape index (κ2) is 6.12. The Bertz CT molecular complexity index is 434. The van der Waals surface area contributed by atoms with E-state index < -0.39 is 0 Å². The predicted octanol–water partition coefficient (Wildman–Crippen LogP) is 1.53. The highest BCUT2D eigenvalue weighted by Gasteiger charge is 2.20. The van der Waals surface area contributed by atoms with Crippen molar-refractivity contribution in [2.24, 2.45) is 5.92 Å². The Morgan fingerprint density at radius 2 is 2.16 bits per heavy atom. The molecule has 0 spiro atoms. The zero-order valence-electron chi connectivity index (χ0n) is 11.6. The molecule has 0 aliphatic carbocycles. The van der Waals surface area contributed by atoms with Gasteiger partial charge in [0.25, 0.3) is 0 Å². The minimum Gasteiger partial charge on any atom is -0.493 e. The Morgan fingerprint density at radius 1 is 1.37 bits per heavy atom. The van der Waals surface area contributed by atoms with E-state index in [1.54, 1.807) is 7.11 Å². The van der Waals surface area contributed by atoms with Gasteiger partial charge in [-0.05, 0) is 23.6 Å². The van der Waals surface area contributed by atoms with E-state index in [1.165, 1.54) is 0 Å². The van der Waals surface area contributed by atoms with Crippen LogP contribution >= 0.6 is 0 Å². The molecule has 1 aliphatic heterocycles. The van der Waals surface area contributed by atoms with Crippen molar-refractivity contribution in [3.05, 3.63) is 17.7 Å². The maximum atomic E-state index is 9.30. The van der Waals surface area contributed by atoms with Crippen LogP contribution in [0.3, 0.4) is 0 Å². The fraction of sp³-hybridized carbons (Fsp3) is 0.571. The number of rotatable bonds is 6. The van der Waals surface area contributed by atoms with Crippen LogP contribution in [0.2, 0.25) is 0 Å². The van der Waals surface area contributed by atoms with E-state index in [-0.39, 0.29) is 19.4 Å². The maximum Gasteiger partial charge on any atom is 0.231 e. The first-order valence-electron chi connectivity index (χ1n) is 6.46. The highest BCUT2D eigenvalue weighted by atomic mass is 16.7. The number of aliphatic hydroxyl groups excluding tert-OH is 1. The van der Waals surface area contributed by atoms with E-state index in [4.69, 9.17) is 14.2 Å². The lowest BCUT2D eigenvalue weighted by Crippen LogP contribution is -2.36. The number of fused-ring (bicyclic) bond motifs is 1. The van der Waals surface area contributed by atoms with Crippen LogP contribution in [0.15, 0.2) is 12.1 Å². The zero-order chi connectivity index (χ0) is 13.8. The van der Waals surface area contributed by atoms with E-state index in [0.29, 0.717) is 29.7 Å². The SMILES string of the molecule is COc1cc(CN[C@H](CO)C(C)C)cc2c1OCO2. The topological polar surface area (TPSA) is 60.0 Å². The van der Waals surface area contributed by atoms with Crippen molar-refractivity contribution < 1.29 is 19.3 Å². The minimum atomic E-state index is 0.0800. The number of ether oxygens (including phenoxy) is 3. The molecule has 0 unspecified atom stereocenters. The highest BCUT2D eigenvalue weighted by Crippen LogP contribution is 2.41. The predicted molar refractivity (Wildman–Crippen MR) is 71.7 cm³/mol. The molecule has 5 nitrogen and oxygen atoms in total. The summed E-state index contributed by atoms with van der Waals surface area (Å²) >= 11 is 0. The van der Waals surface area contributed by atoms with Crippen molar-refractivity contribution >= 4 is 0 Å². The molecule has 1 aliphatic rings. The van der Waals surface area contributed by atoms with Crippen molar-refractivity contribution in [1.82, 2.24) is 5.32 Å². The lowest BCUT2D eigenvalue weighted by Gasteiger charge is -2.20. The molecule has 5 heteroatoms. The van der Waals surface area contributed by atoms with Crippen molar-refractivity contribution in [2.75, 3.05) is 20.5 Å². The van der Waals surface area contributed by atoms with Crippen molar-refractivity contribution in [3.8, 4) is 17.2 Å². The molecule has 1 atom stereocenters. The van der Waals surface area contributed by atoms with Crippen LogP contribution in [0, 0.1) is 5.92 Å². The largest absolute Gasteiger partial charge is 0.493 e. The number of hydrogen-bond acceptors (Lipinski definition) is 5.